The van der Waals surface area contributed by atoms with Gasteiger partial charge >= 0.3 is 0 Å². The number of carbonyl (C=O) groups is 2. The highest BCUT2D eigenvalue weighted by atomic mass is 35.5. The van der Waals surface area contributed by atoms with E-state index in [1.165, 1.54) is 12.1 Å². The molecule has 3 rings (SSSR count). The van der Waals surface area contributed by atoms with Crippen LogP contribution in [0.4, 0.5) is 4.39 Å². The van der Waals surface area contributed by atoms with Gasteiger partial charge in [-0.25, -0.2) is 4.39 Å². The molecule has 0 saturated carbocycles. The highest BCUT2D eigenvalue weighted by Gasteiger charge is 2.31. The van der Waals surface area contributed by atoms with E-state index in [-0.39, 0.29) is 36.6 Å². The van der Waals surface area contributed by atoms with Crippen molar-refractivity contribution in [2.24, 2.45) is 0 Å². The molecule has 0 aliphatic rings. The van der Waals surface area contributed by atoms with Crippen LogP contribution < -0.4 is 5.32 Å². The number of hydrogen-bond donors (Lipinski definition) is 1. The van der Waals surface area contributed by atoms with Crippen molar-refractivity contribution in [3.05, 3.63) is 106 Å². The third-order valence-corrected chi connectivity index (χ3v) is 6.02. The van der Waals surface area contributed by atoms with E-state index in [9.17, 15) is 14.0 Å². The van der Waals surface area contributed by atoms with Crippen LogP contribution in [0.2, 0.25) is 5.02 Å². The van der Waals surface area contributed by atoms with E-state index in [1.54, 1.807) is 35.2 Å². The fourth-order valence-corrected chi connectivity index (χ4v) is 3.92. The van der Waals surface area contributed by atoms with Gasteiger partial charge in [0.15, 0.2) is 0 Å². The molecule has 3 aromatic rings. The van der Waals surface area contributed by atoms with Crippen molar-refractivity contribution >= 4 is 23.4 Å². The Morgan fingerprint density at radius 3 is 2.26 bits per heavy atom. The number of nitrogens with one attached hydrogen (secondary N) is 1. The standard InChI is InChI=1S/C28H30ClFN2O2/c1-3-20(2)31-28(34)26(17-21-8-5-4-6-9-21)32(19-22-12-14-25(30)15-13-22)27(33)18-23-10-7-11-24(29)16-23/h4-16,20,26H,3,17-19H2,1-2H3,(H,31,34)/t20-,26+/m0/s1. The Morgan fingerprint density at radius 1 is 0.941 bits per heavy atom. The van der Waals surface area contributed by atoms with Crippen LogP contribution in [-0.4, -0.2) is 28.8 Å². The molecule has 2 atom stereocenters. The van der Waals surface area contributed by atoms with Crippen molar-refractivity contribution in [3.8, 4) is 0 Å². The van der Waals surface area contributed by atoms with Gasteiger partial charge in [-0.3, -0.25) is 9.59 Å². The molecule has 0 fully saturated rings. The Hall–Kier alpha value is -3.18. The van der Waals surface area contributed by atoms with Crippen LogP contribution in [0, 0.1) is 5.82 Å². The summed E-state index contributed by atoms with van der Waals surface area (Å²) >= 11 is 6.12. The van der Waals surface area contributed by atoms with Gasteiger partial charge in [-0.15, -0.1) is 0 Å². The van der Waals surface area contributed by atoms with Gasteiger partial charge in [0.2, 0.25) is 11.8 Å². The molecular weight excluding hydrogens is 451 g/mol. The predicted octanol–water partition coefficient (Wildman–Crippen LogP) is 5.58. The average Bonchev–Trinajstić information content (AvgIpc) is 2.83. The van der Waals surface area contributed by atoms with Crippen LogP contribution in [0.1, 0.15) is 37.0 Å². The maximum atomic E-state index is 13.6. The maximum Gasteiger partial charge on any atom is 0.243 e. The summed E-state index contributed by atoms with van der Waals surface area (Å²) in [6.45, 7) is 4.12. The molecule has 0 aliphatic carbocycles. The van der Waals surface area contributed by atoms with E-state index in [1.807, 2.05) is 50.2 Å². The molecular formula is C28H30ClFN2O2. The molecule has 4 nitrogen and oxygen atoms in total. The van der Waals surface area contributed by atoms with Crippen LogP contribution in [0.15, 0.2) is 78.9 Å². The van der Waals surface area contributed by atoms with Crippen molar-refractivity contribution < 1.29 is 14.0 Å². The van der Waals surface area contributed by atoms with Crippen LogP contribution in [-0.2, 0) is 29.0 Å². The molecule has 178 valence electrons. The van der Waals surface area contributed by atoms with Crippen LogP contribution in [0.25, 0.3) is 0 Å². The van der Waals surface area contributed by atoms with Crippen LogP contribution in [0.3, 0.4) is 0 Å². The number of amides is 2. The predicted molar refractivity (Wildman–Crippen MR) is 134 cm³/mol. The van der Waals surface area contributed by atoms with E-state index in [0.717, 1.165) is 23.1 Å². The first-order chi connectivity index (χ1) is 16.4. The van der Waals surface area contributed by atoms with Gasteiger partial charge in [0.1, 0.15) is 11.9 Å². The summed E-state index contributed by atoms with van der Waals surface area (Å²) in [7, 11) is 0. The molecule has 0 saturated heterocycles. The Kier molecular flexibility index (Phi) is 9.23. The quantitative estimate of drug-likeness (QED) is 0.412. The van der Waals surface area contributed by atoms with E-state index in [2.05, 4.69) is 5.32 Å². The molecule has 0 bridgehead atoms. The van der Waals surface area contributed by atoms with Gasteiger partial charge in [-0.1, -0.05) is 73.1 Å². The smallest absolute Gasteiger partial charge is 0.243 e. The van der Waals surface area contributed by atoms with Crippen molar-refractivity contribution in [1.29, 1.82) is 0 Å². The zero-order valence-corrected chi connectivity index (χ0v) is 20.3. The van der Waals surface area contributed by atoms with E-state index < -0.39 is 6.04 Å². The molecule has 0 aromatic heterocycles. The maximum absolute atomic E-state index is 13.6. The van der Waals surface area contributed by atoms with Crippen molar-refractivity contribution in [2.75, 3.05) is 0 Å². The zero-order chi connectivity index (χ0) is 24.5. The molecule has 0 spiro atoms. The monoisotopic (exact) mass is 480 g/mol. The molecule has 0 aliphatic heterocycles. The third kappa shape index (κ3) is 7.42. The minimum Gasteiger partial charge on any atom is -0.352 e. The first-order valence-electron chi connectivity index (χ1n) is 11.5. The summed E-state index contributed by atoms with van der Waals surface area (Å²) in [5.74, 6) is -0.762. The minimum absolute atomic E-state index is 0.0264. The van der Waals surface area contributed by atoms with Gasteiger partial charge in [0.05, 0.1) is 6.42 Å². The first kappa shape index (κ1) is 25.4. The minimum atomic E-state index is -0.729. The first-order valence-corrected chi connectivity index (χ1v) is 11.9. The molecule has 2 amide bonds. The van der Waals surface area contributed by atoms with E-state index >= 15 is 0 Å². The highest BCUT2D eigenvalue weighted by molar-refractivity contribution is 6.30. The summed E-state index contributed by atoms with van der Waals surface area (Å²) in [4.78, 5) is 28.6. The second-order valence-corrected chi connectivity index (χ2v) is 8.91. The van der Waals surface area contributed by atoms with Gasteiger partial charge in [-0.05, 0) is 54.3 Å². The van der Waals surface area contributed by atoms with E-state index in [0.29, 0.717) is 11.4 Å². The number of halogens is 2. The molecule has 0 radical (unpaired) electrons. The molecule has 3 aromatic carbocycles. The van der Waals surface area contributed by atoms with Crippen molar-refractivity contribution in [2.45, 2.75) is 51.7 Å². The van der Waals surface area contributed by atoms with Gasteiger partial charge in [0.25, 0.3) is 0 Å². The highest BCUT2D eigenvalue weighted by Crippen LogP contribution is 2.18. The lowest BCUT2D eigenvalue weighted by Gasteiger charge is -2.32. The van der Waals surface area contributed by atoms with Crippen molar-refractivity contribution in [3.63, 3.8) is 0 Å². The van der Waals surface area contributed by atoms with Crippen LogP contribution in [0.5, 0.6) is 0 Å². The van der Waals surface area contributed by atoms with E-state index in [4.69, 9.17) is 11.6 Å². The molecule has 6 heteroatoms. The largest absolute Gasteiger partial charge is 0.352 e. The molecule has 0 unspecified atom stereocenters. The second-order valence-electron chi connectivity index (χ2n) is 8.48. The lowest BCUT2D eigenvalue weighted by molar-refractivity contribution is -0.141. The Morgan fingerprint density at radius 2 is 1.62 bits per heavy atom. The van der Waals surface area contributed by atoms with Crippen molar-refractivity contribution in [1.82, 2.24) is 10.2 Å². The number of hydrogen-bond acceptors (Lipinski definition) is 2. The Balaban J connectivity index is 1.96. The normalized spacial score (nSPS) is 12.6. The molecule has 34 heavy (non-hydrogen) atoms. The fourth-order valence-electron chi connectivity index (χ4n) is 3.70. The summed E-state index contributed by atoms with van der Waals surface area (Å²) in [5.41, 5.74) is 2.46. The lowest BCUT2D eigenvalue weighted by Crippen LogP contribution is -2.52. The topological polar surface area (TPSA) is 49.4 Å². The summed E-state index contributed by atoms with van der Waals surface area (Å²) in [5, 5.41) is 3.59. The Bertz CT molecular complexity index is 1090. The Labute approximate surface area is 205 Å². The van der Waals surface area contributed by atoms with Crippen LogP contribution >= 0.6 is 11.6 Å². The summed E-state index contributed by atoms with van der Waals surface area (Å²) in [6, 6.07) is 22.0. The second kappa shape index (κ2) is 12.3. The summed E-state index contributed by atoms with van der Waals surface area (Å²) < 4.78 is 13.5. The number of carbonyl (C=O) groups excluding carboxylic acids is 2. The van der Waals surface area contributed by atoms with Gasteiger partial charge in [0, 0.05) is 24.0 Å². The lowest BCUT2D eigenvalue weighted by atomic mass is 10.0. The number of nitrogens with zero attached hydrogens (tertiary/aromatic N) is 1. The third-order valence-electron chi connectivity index (χ3n) is 5.78. The number of rotatable bonds is 10. The molecule has 0 heterocycles. The van der Waals surface area contributed by atoms with Gasteiger partial charge < -0.3 is 10.2 Å². The SMILES string of the molecule is CC[C@H](C)NC(=O)[C@@H](Cc1ccccc1)N(Cc1ccc(F)cc1)C(=O)Cc1cccc(Cl)c1. The number of benzene rings is 3. The van der Waals surface area contributed by atoms with Gasteiger partial charge in [-0.2, -0.15) is 0 Å². The molecule has 1 N–H and O–H groups in total. The summed E-state index contributed by atoms with van der Waals surface area (Å²) in [6.07, 6.45) is 1.24. The zero-order valence-electron chi connectivity index (χ0n) is 19.5. The average molecular weight is 481 g/mol. The fraction of sp³-hybridized carbons (Fsp3) is 0.286.